The van der Waals surface area contributed by atoms with Crippen LogP contribution in [0.4, 0.5) is 4.39 Å². The zero-order chi connectivity index (χ0) is 27.0. The molecule has 1 fully saturated rings. The number of ether oxygens (including phenoxy) is 3. The minimum Gasteiger partial charge on any atom is -0.423 e. The van der Waals surface area contributed by atoms with E-state index in [2.05, 4.69) is 13.8 Å². The number of hydrogen-bond acceptors (Lipinski definition) is 4. The highest BCUT2D eigenvalue weighted by molar-refractivity contribution is 5.91. The molecule has 210 valence electrons. The molecule has 0 bridgehead atoms. The lowest BCUT2D eigenvalue weighted by Crippen LogP contribution is -2.27. The van der Waals surface area contributed by atoms with E-state index in [0.29, 0.717) is 30.4 Å². The molecule has 0 unspecified atom stereocenters. The van der Waals surface area contributed by atoms with Crippen LogP contribution in [0.3, 0.4) is 0 Å². The van der Waals surface area contributed by atoms with Gasteiger partial charge in [0.1, 0.15) is 11.6 Å². The molecular formula is C33H47FO4. The summed E-state index contributed by atoms with van der Waals surface area (Å²) in [6.45, 7) is 5.59. The van der Waals surface area contributed by atoms with Crippen LogP contribution in [0.5, 0.6) is 5.75 Å². The molecule has 3 rings (SSSR count). The Kier molecular flexibility index (Phi) is 13.9. The van der Waals surface area contributed by atoms with E-state index < -0.39 is 18.1 Å². The molecule has 0 atom stereocenters. The topological polar surface area (TPSA) is 44.8 Å². The highest BCUT2D eigenvalue weighted by atomic mass is 19.1. The van der Waals surface area contributed by atoms with Gasteiger partial charge in [-0.2, -0.15) is 0 Å². The molecule has 0 radical (unpaired) electrons. The maximum Gasteiger partial charge on any atom is 0.343 e. The van der Waals surface area contributed by atoms with Crippen molar-refractivity contribution in [3.05, 3.63) is 65.0 Å². The first kappa shape index (κ1) is 30.3. The van der Waals surface area contributed by atoms with Gasteiger partial charge in [0.15, 0.2) is 6.29 Å². The first-order chi connectivity index (χ1) is 18.6. The van der Waals surface area contributed by atoms with Gasteiger partial charge in [-0.25, -0.2) is 9.18 Å². The number of carbonyl (C=O) groups excluding carboxylic acids is 1. The number of aryl methyl sites for hydroxylation is 1. The third-order valence-corrected chi connectivity index (χ3v) is 7.38. The SMILES string of the molecule is CCCCCCCCc1ccc(OC(=O)c2ccc(C3OCC(CCCCCCCC)CO3)c(F)c2)cc1. The molecule has 0 amide bonds. The van der Waals surface area contributed by atoms with Crippen LogP contribution in [0.25, 0.3) is 0 Å². The molecule has 0 aromatic heterocycles. The largest absolute Gasteiger partial charge is 0.423 e. The molecule has 1 aliphatic rings. The third-order valence-electron chi connectivity index (χ3n) is 7.38. The van der Waals surface area contributed by atoms with Crippen LogP contribution in [-0.2, 0) is 15.9 Å². The summed E-state index contributed by atoms with van der Waals surface area (Å²) in [4.78, 5) is 12.6. The Labute approximate surface area is 229 Å². The molecule has 38 heavy (non-hydrogen) atoms. The van der Waals surface area contributed by atoms with E-state index in [0.717, 1.165) is 12.8 Å². The molecule has 1 heterocycles. The quantitative estimate of drug-likeness (QED) is 0.117. The van der Waals surface area contributed by atoms with Gasteiger partial charge in [-0.3, -0.25) is 0 Å². The summed E-state index contributed by atoms with van der Waals surface area (Å²) in [6, 6.07) is 11.9. The lowest BCUT2D eigenvalue weighted by molar-refractivity contribution is -0.207. The number of carbonyl (C=O) groups is 1. The van der Waals surface area contributed by atoms with Gasteiger partial charge in [0.2, 0.25) is 0 Å². The van der Waals surface area contributed by atoms with E-state index in [9.17, 15) is 9.18 Å². The number of rotatable bonds is 17. The molecule has 1 saturated heterocycles. The van der Waals surface area contributed by atoms with Gasteiger partial charge < -0.3 is 14.2 Å². The predicted molar refractivity (Wildman–Crippen MR) is 151 cm³/mol. The van der Waals surface area contributed by atoms with Crippen molar-refractivity contribution in [1.29, 1.82) is 0 Å². The van der Waals surface area contributed by atoms with E-state index in [-0.39, 0.29) is 5.56 Å². The molecule has 1 aliphatic heterocycles. The van der Waals surface area contributed by atoms with Crippen molar-refractivity contribution < 1.29 is 23.4 Å². The maximum atomic E-state index is 14.9. The highest BCUT2D eigenvalue weighted by Crippen LogP contribution is 2.30. The molecule has 2 aromatic rings. The van der Waals surface area contributed by atoms with Gasteiger partial charge in [-0.1, -0.05) is 103 Å². The van der Waals surface area contributed by atoms with Crippen molar-refractivity contribution in [3.8, 4) is 5.75 Å². The van der Waals surface area contributed by atoms with Gasteiger partial charge >= 0.3 is 5.97 Å². The molecule has 5 heteroatoms. The van der Waals surface area contributed by atoms with Gasteiger partial charge in [0.05, 0.1) is 18.8 Å². The summed E-state index contributed by atoms with van der Waals surface area (Å²) in [5, 5.41) is 0. The lowest BCUT2D eigenvalue weighted by atomic mass is 10.0. The second-order valence-corrected chi connectivity index (χ2v) is 10.7. The number of hydrogen-bond donors (Lipinski definition) is 0. The highest BCUT2D eigenvalue weighted by Gasteiger charge is 2.26. The van der Waals surface area contributed by atoms with Gasteiger partial charge in [-0.15, -0.1) is 0 Å². The van der Waals surface area contributed by atoms with Crippen LogP contribution < -0.4 is 4.74 Å². The molecule has 0 aliphatic carbocycles. The second-order valence-electron chi connectivity index (χ2n) is 10.7. The first-order valence-electron chi connectivity index (χ1n) is 14.9. The molecule has 0 saturated carbocycles. The predicted octanol–water partition coefficient (Wildman–Crippen LogP) is 9.36. The van der Waals surface area contributed by atoms with E-state index in [1.807, 2.05) is 12.1 Å². The molecule has 0 spiro atoms. The summed E-state index contributed by atoms with van der Waals surface area (Å²) in [7, 11) is 0. The number of esters is 1. The normalized spacial score (nSPS) is 17.4. The molecule has 4 nitrogen and oxygen atoms in total. The third kappa shape index (κ3) is 10.5. The minimum absolute atomic E-state index is 0.166. The number of halogens is 1. The minimum atomic E-state index is -0.736. The molecular weight excluding hydrogens is 479 g/mol. The van der Waals surface area contributed by atoms with Crippen LogP contribution in [0, 0.1) is 11.7 Å². The number of benzene rings is 2. The van der Waals surface area contributed by atoms with Crippen molar-refractivity contribution >= 4 is 5.97 Å². The molecule has 0 N–H and O–H groups in total. The fourth-order valence-electron chi connectivity index (χ4n) is 4.95. The summed E-state index contributed by atoms with van der Waals surface area (Å²) in [6.07, 6.45) is 16.6. The van der Waals surface area contributed by atoms with Crippen molar-refractivity contribution in [3.63, 3.8) is 0 Å². The zero-order valence-electron chi connectivity index (χ0n) is 23.5. The van der Waals surface area contributed by atoms with Crippen LogP contribution in [0.2, 0.25) is 0 Å². The summed E-state index contributed by atoms with van der Waals surface area (Å²) in [5.41, 5.74) is 1.72. The fraction of sp³-hybridized carbons (Fsp3) is 0.606. The summed E-state index contributed by atoms with van der Waals surface area (Å²) < 4.78 is 32.0. The van der Waals surface area contributed by atoms with Crippen LogP contribution in [0.1, 0.15) is 125 Å². The Bertz CT molecular complexity index is 935. The van der Waals surface area contributed by atoms with Gasteiger partial charge in [0.25, 0.3) is 0 Å². The first-order valence-corrected chi connectivity index (χ1v) is 14.9. The van der Waals surface area contributed by atoms with Crippen molar-refractivity contribution in [1.82, 2.24) is 0 Å². The van der Waals surface area contributed by atoms with E-state index >= 15 is 0 Å². The van der Waals surface area contributed by atoms with Crippen molar-refractivity contribution in [2.24, 2.45) is 5.92 Å². The Morgan fingerprint density at radius 3 is 2.05 bits per heavy atom. The maximum absolute atomic E-state index is 14.9. The van der Waals surface area contributed by atoms with E-state index in [1.165, 1.54) is 88.7 Å². The van der Waals surface area contributed by atoms with E-state index in [4.69, 9.17) is 14.2 Å². The Morgan fingerprint density at radius 2 is 1.42 bits per heavy atom. The average molecular weight is 527 g/mol. The molecule has 2 aromatic carbocycles. The van der Waals surface area contributed by atoms with Crippen LogP contribution >= 0.6 is 0 Å². The second kappa shape index (κ2) is 17.4. The smallest absolute Gasteiger partial charge is 0.343 e. The standard InChI is InChI=1S/C33H47FO4/c1-3-5-7-9-11-13-15-26-17-20-29(21-18-26)38-32(35)28-19-22-30(31(34)23-28)33-36-24-27(25-37-33)16-14-12-10-8-6-4-2/h17-23,27,33H,3-16,24-25H2,1-2H3. The van der Waals surface area contributed by atoms with Crippen molar-refractivity contribution in [2.75, 3.05) is 13.2 Å². The van der Waals surface area contributed by atoms with E-state index in [1.54, 1.807) is 24.3 Å². The van der Waals surface area contributed by atoms with Crippen LogP contribution in [-0.4, -0.2) is 19.2 Å². The Balaban J connectivity index is 1.40. The lowest BCUT2D eigenvalue weighted by Gasteiger charge is -2.30. The Hall–Kier alpha value is -2.24. The number of unbranched alkanes of at least 4 members (excludes halogenated alkanes) is 10. The Morgan fingerprint density at radius 1 is 0.816 bits per heavy atom. The van der Waals surface area contributed by atoms with Gasteiger partial charge in [-0.05, 0) is 49.1 Å². The summed E-state index contributed by atoms with van der Waals surface area (Å²) in [5.74, 6) is -0.287. The van der Waals surface area contributed by atoms with Gasteiger partial charge in [0, 0.05) is 11.5 Å². The monoisotopic (exact) mass is 526 g/mol. The summed E-state index contributed by atoms with van der Waals surface area (Å²) >= 11 is 0. The fourth-order valence-corrected chi connectivity index (χ4v) is 4.95. The zero-order valence-corrected chi connectivity index (χ0v) is 23.5. The van der Waals surface area contributed by atoms with Crippen molar-refractivity contribution in [2.45, 2.75) is 110 Å². The van der Waals surface area contributed by atoms with Crippen LogP contribution in [0.15, 0.2) is 42.5 Å². The average Bonchev–Trinajstić information content (AvgIpc) is 2.94.